The van der Waals surface area contributed by atoms with Crippen LogP contribution in [-0.2, 0) is 9.53 Å². The summed E-state index contributed by atoms with van der Waals surface area (Å²) in [7, 11) is 1.38. The highest BCUT2D eigenvalue weighted by Gasteiger charge is 2.33. The molecule has 1 atom stereocenters. The van der Waals surface area contributed by atoms with Crippen LogP contribution in [-0.4, -0.2) is 55.0 Å². The standard InChI is InChI=1S/C20H20ClIN2O3/c1-27-20(26)18(16-4-2-3-5-17(16)21)23-10-12-24(13-11-23)19(25)14-6-8-15(22)9-7-14/h2-9,18H,10-13H2,1H3/t18-/m0/s1. The van der Waals surface area contributed by atoms with E-state index in [2.05, 4.69) is 22.6 Å². The molecule has 0 saturated carbocycles. The lowest BCUT2D eigenvalue weighted by Gasteiger charge is -2.38. The number of esters is 1. The fraction of sp³-hybridized carbons (Fsp3) is 0.300. The smallest absolute Gasteiger partial charge is 0.327 e. The van der Waals surface area contributed by atoms with Crippen molar-refractivity contribution < 1.29 is 14.3 Å². The Morgan fingerprint density at radius 2 is 1.67 bits per heavy atom. The van der Waals surface area contributed by atoms with Gasteiger partial charge < -0.3 is 9.64 Å². The summed E-state index contributed by atoms with van der Waals surface area (Å²) in [6.07, 6.45) is 0. The molecule has 1 amide bonds. The van der Waals surface area contributed by atoms with Gasteiger partial charge in [-0.25, -0.2) is 4.79 Å². The van der Waals surface area contributed by atoms with E-state index in [9.17, 15) is 9.59 Å². The van der Waals surface area contributed by atoms with Crippen molar-refractivity contribution in [2.24, 2.45) is 0 Å². The van der Waals surface area contributed by atoms with Gasteiger partial charge in [0.15, 0.2) is 0 Å². The van der Waals surface area contributed by atoms with Crippen LogP contribution in [0.25, 0.3) is 0 Å². The summed E-state index contributed by atoms with van der Waals surface area (Å²) in [5, 5.41) is 0.533. The molecule has 142 valence electrons. The summed E-state index contributed by atoms with van der Waals surface area (Å²) in [6.45, 7) is 2.23. The molecule has 1 heterocycles. The van der Waals surface area contributed by atoms with E-state index in [-0.39, 0.29) is 11.9 Å². The van der Waals surface area contributed by atoms with E-state index in [1.165, 1.54) is 7.11 Å². The van der Waals surface area contributed by atoms with Crippen molar-refractivity contribution in [3.63, 3.8) is 0 Å². The Morgan fingerprint density at radius 1 is 1.04 bits per heavy atom. The number of methoxy groups -OCH3 is 1. The first-order chi connectivity index (χ1) is 13.0. The zero-order valence-corrected chi connectivity index (χ0v) is 17.8. The topological polar surface area (TPSA) is 49.9 Å². The van der Waals surface area contributed by atoms with Crippen LogP contribution < -0.4 is 0 Å². The monoisotopic (exact) mass is 498 g/mol. The van der Waals surface area contributed by atoms with Crippen LogP contribution in [0.5, 0.6) is 0 Å². The molecule has 0 aromatic heterocycles. The summed E-state index contributed by atoms with van der Waals surface area (Å²) in [5.41, 5.74) is 1.41. The molecule has 0 spiro atoms. The largest absolute Gasteiger partial charge is 0.468 e. The Bertz CT molecular complexity index is 820. The van der Waals surface area contributed by atoms with E-state index < -0.39 is 6.04 Å². The van der Waals surface area contributed by atoms with E-state index in [4.69, 9.17) is 16.3 Å². The Kier molecular flexibility index (Phi) is 6.73. The van der Waals surface area contributed by atoms with Gasteiger partial charge in [0, 0.05) is 40.3 Å². The van der Waals surface area contributed by atoms with Crippen molar-refractivity contribution >= 4 is 46.1 Å². The molecule has 0 N–H and O–H groups in total. The second-order valence-corrected chi connectivity index (χ2v) is 7.94. The Labute approximate surface area is 177 Å². The van der Waals surface area contributed by atoms with Crippen LogP contribution >= 0.6 is 34.2 Å². The van der Waals surface area contributed by atoms with Gasteiger partial charge in [-0.3, -0.25) is 9.69 Å². The maximum absolute atomic E-state index is 12.7. The van der Waals surface area contributed by atoms with Gasteiger partial charge in [0.05, 0.1) is 7.11 Å². The van der Waals surface area contributed by atoms with Gasteiger partial charge >= 0.3 is 5.97 Å². The summed E-state index contributed by atoms with van der Waals surface area (Å²) in [4.78, 5) is 29.0. The van der Waals surface area contributed by atoms with E-state index in [1.807, 2.05) is 52.3 Å². The number of piperazine rings is 1. The lowest BCUT2D eigenvalue weighted by molar-refractivity contribution is -0.148. The molecule has 0 radical (unpaired) electrons. The highest BCUT2D eigenvalue weighted by Crippen LogP contribution is 2.29. The highest BCUT2D eigenvalue weighted by molar-refractivity contribution is 14.1. The zero-order chi connectivity index (χ0) is 19.4. The summed E-state index contributed by atoms with van der Waals surface area (Å²) >= 11 is 8.53. The number of carbonyl (C=O) groups is 2. The molecule has 2 aromatic carbocycles. The zero-order valence-electron chi connectivity index (χ0n) is 14.9. The van der Waals surface area contributed by atoms with E-state index in [0.717, 1.165) is 9.13 Å². The summed E-state index contributed by atoms with van der Waals surface area (Å²) < 4.78 is 6.10. The number of carbonyl (C=O) groups excluding carboxylic acids is 2. The molecule has 2 aromatic rings. The lowest BCUT2D eigenvalue weighted by Crippen LogP contribution is -2.51. The predicted molar refractivity (Wildman–Crippen MR) is 113 cm³/mol. The number of hydrogen-bond donors (Lipinski definition) is 0. The first-order valence-corrected chi connectivity index (χ1v) is 10.1. The number of hydrogen-bond acceptors (Lipinski definition) is 4. The van der Waals surface area contributed by atoms with Gasteiger partial charge in [-0.15, -0.1) is 0 Å². The minimum absolute atomic E-state index is 0.0124. The fourth-order valence-electron chi connectivity index (χ4n) is 3.24. The first-order valence-electron chi connectivity index (χ1n) is 8.62. The molecular weight excluding hydrogens is 479 g/mol. The third kappa shape index (κ3) is 4.62. The minimum atomic E-state index is -0.570. The third-order valence-corrected chi connectivity index (χ3v) is 5.75. The second-order valence-electron chi connectivity index (χ2n) is 6.28. The van der Waals surface area contributed by atoms with Crippen molar-refractivity contribution in [3.05, 3.63) is 68.3 Å². The number of nitrogens with zero attached hydrogens (tertiary/aromatic N) is 2. The summed E-state index contributed by atoms with van der Waals surface area (Å²) in [5.74, 6) is -0.334. The predicted octanol–water partition coefficient (Wildman–Crippen LogP) is 3.62. The maximum atomic E-state index is 12.7. The Balaban J connectivity index is 1.72. The number of benzene rings is 2. The molecule has 0 bridgehead atoms. The van der Waals surface area contributed by atoms with Gasteiger partial charge in [0.1, 0.15) is 6.04 Å². The lowest BCUT2D eigenvalue weighted by atomic mass is 10.0. The molecule has 27 heavy (non-hydrogen) atoms. The molecular formula is C20H20ClIN2O3. The minimum Gasteiger partial charge on any atom is -0.468 e. The summed E-state index contributed by atoms with van der Waals surface area (Å²) in [6, 6.07) is 14.3. The highest BCUT2D eigenvalue weighted by atomic mass is 127. The molecule has 5 nitrogen and oxygen atoms in total. The van der Waals surface area contributed by atoms with Crippen LogP contribution in [0.3, 0.4) is 0 Å². The molecule has 3 rings (SSSR count). The van der Waals surface area contributed by atoms with Gasteiger partial charge in [-0.2, -0.15) is 0 Å². The second kappa shape index (κ2) is 9.03. The number of ether oxygens (including phenoxy) is 1. The van der Waals surface area contributed by atoms with Crippen molar-refractivity contribution in [1.82, 2.24) is 9.80 Å². The molecule has 1 aliphatic rings. The average Bonchev–Trinajstić information content (AvgIpc) is 2.70. The molecule has 1 aliphatic heterocycles. The van der Waals surface area contributed by atoms with E-state index in [1.54, 1.807) is 6.07 Å². The van der Waals surface area contributed by atoms with Crippen molar-refractivity contribution in [2.45, 2.75) is 6.04 Å². The van der Waals surface area contributed by atoms with E-state index >= 15 is 0 Å². The Hall–Kier alpha value is -1.64. The molecule has 1 saturated heterocycles. The molecule has 7 heteroatoms. The Morgan fingerprint density at radius 3 is 2.26 bits per heavy atom. The van der Waals surface area contributed by atoms with Crippen LogP contribution in [0, 0.1) is 3.57 Å². The van der Waals surface area contributed by atoms with Gasteiger partial charge in [-0.05, 0) is 58.5 Å². The molecule has 0 unspecified atom stereocenters. The van der Waals surface area contributed by atoms with Crippen LogP contribution in [0.2, 0.25) is 5.02 Å². The fourth-order valence-corrected chi connectivity index (χ4v) is 3.84. The van der Waals surface area contributed by atoms with Crippen LogP contribution in [0.4, 0.5) is 0 Å². The SMILES string of the molecule is COC(=O)[C@H](c1ccccc1Cl)N1CCN(C(=O)c2ccc(I)cc2)CC1. The first kappa shape index (κ1) is 20.1. The number of halogens is 2. The van der Waals surface area contributed by atoms with Crippen LogP contribution in [0.1, 0.15) is 22.0 Å². The number of amides is 1. The normalized spacial score (nSPS) is 16.0. The molecule has 1 fully saturated rings. The van der Waals surface area contributed by atoms with E-state index in [0.29, 0.717) is 36.8 Å². The van der Waals surface area contributed by atoms with Crippen LogP contribution in [0.15, 0.2) is 48.5 Å². The van der Waals surface area contributed by atoms with Gasteiger partial charge in [0.2, 0.25) is 0 Å². The average molecular weight is 499 g/mol. The van der Waals surface area contributed by atoms with Gasteiger partial charge in [0.25, 0.3) is 5.91 Å². The van der Waals surface area contributed by atoms with Crippen molar-refractivity contribution in [1.29, 1.82) is 0 Å². The number of rotatable bonds is 4. The van der Waals surface area contributed by atoms with Crippen molar-refractivity contribution in [3.8, 4) is 0 Å². The van der Waals surface area contributed by atoms with Crippen molar-refractivity contribution in [2.75, 3.05) is 33.3 Å². The molecule has 0 aliphatic carbocycles. The van der Waals surface area contributed by atoms with Gasteiger partial charge in [-0.1, -0.05) is 29.8 Å². The quantitative estimate of drug-likeness (QED) is 0.477. The third-order valence-electron chi connectivity index (χ3n) is 4.68. The maximum Gasteiger partial charge on any atom is 0.327 e.